The number of rotatable bonds is 23. The van der Waals surface area contributed by atoms with Crippen molar-refractivity contribution in [3.63, 3.8) is 0 Å². The fourth-order valence-corrected chi connectivity index (χ4v) is 22.8. The number of hydrogen-bond acceptors (Lipinski definition) is 43. The van der Waals surface area contributed by atoms with Gasteiger partial charge >= 0.3 is 11.9 Å². The van der Waals surface area contributed by atoms with Crippen LogP contribution in [-0.2, 0) is 85.3 Å². The molecule has 8 aliphatic heterocycles. The van der Waals surface area contributed by atoms with Gasteiger partial charge in [0.2, 0.25) is 6.29 Å². The number of allylic oxidation sites excluding steroid dienone is 2. The second-order valence-electron chi connectivity index (χ2n) is 38.6. The third kappa shape index (κ3) is 17.3. The van der Waals surface area contributed by atoms with E-state index in [1.165, 1.54) is 38.1 Å². The molecule has 13 aliphatic rings. The summed E-state index contributed by atoms with van der Waals surface area (Å²) in [4.78, 5) is 31.0. The molecule has 8 heterocycles. The number of hydrogen-bond donors (Lipinski definition) is 24. The fraction of sp³-hybridized carbons (Fsp3) is 0.880. The number of phenolic OH excluding ortho intramolecular Hbond substituents is 1. The molecule has 0 amide bonds. The summed E-state index contributed by atoms with van der Waals surface area (Å²) in [6, 6.07) is 5.61. The lowest BCUT2D eigenvalue weighted by molar-refractivity contribution is -0.390. The third-order valence-corrected chi connectivity index (χ3v) is 30.6. The molecule has 126 heavy (non-hydrogen) atoms. The highest BCUT2D eigenvalue weighted by Gasteiger charge is 2.74. The van der Waals surface area contributed by atoms with Crippen molar-refractivity contribution >= 4 is 11.9 Å². The smallest absolute Gasteiger partial charge is 0.342 e. The third-order valence-electron chi connectivity index (χ3n) is 30.6. The van der Waals surface area contributed by atoms with Gasteiger partial charge in [-0.05, 0) is 110 Å². The summed E-state index contributed by atoms with van der Waals surface area (Å²) in [6.07, 6.45) is -69.6. The van der Waals surface area contributed by atoms with Crippen molar-refractivity contribution in [1.29, 1.82) is 0 Å². The SMILES string of the molecule is C[C@@H]1O[C@@H](O[C@H]2[C@H](OC(=O)[C@]34C[C@H](OC(=O)c5ccccc5O)C(C)(C)C[C@H]3C3=CC[C@@H]5[C@@]6(C)CC[C@H](O[C@@H]7O[C@H](CO[C@@H]8O[C@H](C)[C@H](O)[C@H](O)[C@H]8O[C@@H]8OC[C@@H](O)[C@H](O)[C@H]8O)[C@@H](O)[C@H](O)[C@H]7O[C@@H]7O[C@H](CO)[C@@H](O)[C@H](O)[C@H]7O)C(C)(C)[C@@H]6CC[C@@]5(C)[C@]3(C)C[C@H]4O)O[C@H](CO)[C@@H](O)[C@@H]2O)[C@H](O)[C@@H](O[C@@H]2O[C@H](CO)[C@@H](O)[C@H](O)[C@H]2O)[C@H]1O[C@@H]1O[C@@H](CO)[C@H](O)[C@H]1O. The van der Waals surface area contributed by atoms with Crippen molar-refractivity contribution in [2.24, 2.45) is 50.2 Å². The van der Waals surface area contributed by atoms with E-state index in [-0.39, 0.29) is 36.7 Å². The summed E-state index contributed by atoms with van der Waals surface area (Å²) in [6.45, 7) is 12.0. The maximum atomic E-state index is 16.6. The standard InChI is InChI=1S/C83H128O43/c1-29-46(91)55(100)65(123-69-58(103)47(92)35(89)27-110-69)74(112-29)111-28-40-52(97)57(102)66(124-72-61(106)54(99)49(94)37(24-85)115-72)75(118-40)120-44-17-18-80(7)41(79(44,5)6)16-19-81(8)42(80)15-14-32-33-20-78(3,4)45(119-68(108)31-12-10-11-13-34(31)88)22-83(33,43(90)21-82(32,81)9)77(109)126-76-67(56(101)50(95)38(25-86)117-76)125-73-62(107)64(122-71-60(105)53(98)48(93)36(23-84)114-71)63(30(2)113-73)121-70-59(104)51(96)39(26-87)116-70/h10-14,29-30,33,35-67,69-76,84-107H,15-28H2,1-9H3/t29-,30+,33+,35-,36-,37-,38-,39+,40-,41+,42-,43-,44+,45+,46+,47+,48-,49-,50-,51+,52-,53+,54+,55+,56+,57+,58-,59-,60-,61-,62-,63+,64-,65-,66-,67-,69+,70+,71+,72+,73+,74-,75+,76+,80+,81-,82-,83-/m1/s1. The van der Waals surface area contributed by atoms with Crippen LogP contribution in [0, 0.1) is 50.2 Å². The van der Waals surface area contributed by atoms with Crippen LogP contribution >= 0.6 is 0 Å². The average molecular weight is 1810 g/mol. The topological polar surface area (TPSA) is 677 Å². The van der Waals surface area contributed by atoms with E-state index in [0.29, 0.717) is 25.7 Å². The number of ether oxygens (including phenoxy) is 17. The monoisotopic (exact) mass is 1810 g/mol. The van der Waals surface area contributed by atoms with Crippen molar-refractivity contribution < 1.29 is 213 Å². The maximum absolute atomic E-state index is 16.6. The number of benzene rings is 1. The molecule has 43 nitrogen and oxygen atoms in total. The Morgan fingerprint density at radius 2 is 0.905 bits per heavy atom. The first-order valence-electron chi connectivity index (χ1n) is 43.3. The fourth-order valence-electron chi connectivity index (χ4n) is 22.8. The Labute approximate surface area is 724 Å². The predicted molar refractivity (Wildman–Crippen MR) is 413 cm³/mol. The van der Waals surface area contributed by atoms with Crippen LogP contribution in [0.25, 0.3) is 0 Å². The molecule has 43 heteroatoms. The summed E-state index contributed by atoms with van der Waals surface area (Å²) in [5, 5.41) is 268. The molecule has 0 bridgehead atoms. The van der Waals surface area contributed by atoms with Gasteiger partial charge in [-0.15, -0.1) is 0 Å². The Balaban J connectivity index is 0.757. The number of esters is 2. The first kappa shape index (κ1) is 98.2. The van der Waals surface area contributed by atoms with E-state index < -0.39 is 354 Å². The molecular formula is C83H128O43. The van der Waals surface area contributed by atoms with Gasteiger partial charge in [0.25, 0.3) is 0 Å². The number of para-hydroxylation sites is 1. The van der Waals surface area contributed by atoms with Gasteiger partial charge in [-0.1, -0.05) is 72.2 Å². The summed E-state index contributed by atoms with van der Waals surface area (Å²) >= 11 is 0. The van der Waals surface area contributed by atoms with Gasteiger partial charge in [-0.3, -0.25) is 4.79 Å². The normalized spacial score (nSPS) is 51.9. The van der Waals surface area contributed by atoms with E-state index in [9.17, 15) is 127 Å². The Hall–Kier alpha value is -3.82. The Kier molecular flexibility index (Phi) is 29.5. The number of aromatic hydroxyl groups is 1. The average Bonchev–Trinajstić information content (AvgIpc) is 0.718. The van der Waals surface area contributed by atoms with Crippen LogP contribution in [0.3, 0.4) is 0 Å². The second kappa shape index (κ2) is 37.8. The first-order valence-corrected chi connectivity index (χ1v) is 43.3. The molecule has 12 fully saturated rings. The van der Waals surface area contributed by atoms with Crippen LogP contribution in [0.2, 0.25) is 0 Å². The van der Waals surface area contributed by atoms with Crippen LogP contribution in [0.4, 0.5) is 0 Å². The number of fused-ring (bicyclic) bond motifs is 7. The highest BCUT2D eigenvalue weighted by molar-refractivity contribution is 5.92. The number of carbonyl (C=O) groups excluding carboxylic acids is 2. The molecule has 24 N–H and O–H groups in total. The van der Waals surface area contributed by atoms with Crippen LogP contribution < -0.4 is 0 Å². The first-order chi connectivity index (χ1) is 59.3. The van der Waals surface area contributed by atoms with E-state index in [2.05, 4.69) is 19.9 Å². The lowest BCUT2D eigenvalue weighted by Crippen LogP contribution is -2.70. The molecule has 0 spiro atoms. The Bertz CT molecular complexity index is 3880. The van der Waals surface area contributed by atoms with Crippen LogP contribution in [0.1, 0.15) is 124 Å². The molecule has 0 unspecified atom stereocenters. The van der Waals surface area contributed by atoms with Crippen molar-refractivity contribution in [1.82, 2.24) is 0 Å². The molecule has 718 valence electrons. The van der Waals surface area contributed by atoms with Gasteiger partial charge in [-0.2, -0.15) is 0 Å². The van der Waals surface area contributed by atoms with E-state index >= 15 is 4.79 Å². The largest absolute Gasteiger partial charge is 0.507 e. The van der Waals surface area contributed by atoms with E-state index in [1.54, 1.807) is 0 Å². The minimum absolute atomic E-state index is 0.00246. The Morgan fingerprint density at radius 1 is 0.429 bits per heavy atom. The highest BCUT2D eigenvalue weighted by Crippen LogP contribution is 2.76. The molecule has 48 atom stereocenters. The van der Waals surface area contributed by atoms with Gasteiger partial charge in [0.1, 0.15) is 188 Å². The summed E-state index contributed by atoms with van der Waals surface area (Å²) in [7, 11) is 0. The minimum atomic E-state index is -2.26. The molecule has 1 aromatic rings. The lowest BCUT2D eigenvalue weighted by atomic mass is 9.33. The molecule has 0 radical (unpaired) electrons. The van der Waals surface area contributed by atoms with E-state index in [0.717, 1.165) is 5.57 Å². The van der Waals surface area contributed by atoms with Gasteiger partial charge in [0, 0.05) is 11.8 Å². The lowest BCUT2D eigenvalue weighted by Gasteiger charge is -2.72. The highest BCUT2D eigenvalue weighted by atomic mass is 16.8. The molecule has 0 aromatic heterocycles. The molecule has 8 saturated heterocycles. The molecular weight excluding hydrogens is 1680 g/mol. The van der Waals surface area contributed by atoms with Crippen LogP contribution in [-0.4, -0.2) is 426 Å². The number of carbonyl (C=O) groups is 2. The molecule has 1 aromatic carbocycles. The Morgan fingerprint density at radius 3 is 1.49 bits per heavy atom. The summed E-state index contributed by atoms with van der Waals surface area (Å²) in [5.41, 5.74) is -5.97. The number of phenols is 1. The van der Waals surface area contributed by atoms with Gasteiger partial charge in [-0.25, -0.2) is 4.79 Å². The van der Waals surface area contributed by atoms with Crippen LogP contribution in [0.15, 0.2) is 35.9 Å². The zero-order valence-corrected chi connectivity index (χ0v) is 71.2. The zero-order valence-electron chi connectivity index (χ0n) is 71.2. The molecule has 4 saturated carbocycles. The zero-order chi connectivity index (χ0) is 91.7. The van der Waals surface area contributed by atoms with Crippen molar-refractivity contribution in [3.8, 4) is 5.75 Å². The maximum Gasteiger partial charge on any atom is 0.342 e. The van der Waals surface area contributed by atoms with E-state index in [4.69, 9.17) is 80.5 Å². The number of aliphatic hydroxyl groups is 23. The van der Waals surface area contributed by atoms with Gasteiger partial charge < -0.3 is 203 Å². The van der Waals surface area contributed by atoms with Gasteiger partial charge in [0.15, 0.2) is 50.1 Å². The summed E-state index contributed by atoms with van der Waals surface area (Å²) < 4.78 is 104. The van der Waals surface area contributed by atoms with Crippen LogP contribution in [0.5, 0.6) is 5.75 Å². The molecule has 5 aliphatic carbocycles. The summed E-state index contributed by atoms with van der Waals surface area (Å²) in [5.74, 6) is -4.10. The minimum Gasteiger partial charge on any atom is -0.507 e. The number of aliphatic hydroxyl groups excluding tert-OH is 23. The van der Waals surface area contributed by atoms with Crippen molar-refractivity contribution in [2.75, 3.05) is 39.6 Å². The second-order valence-corrected chi connectivity index (χ2v) is 38.6. The van der Waals surface area contributed by atoms with Gasteiger partial charge in [0.05, 0.1) is 64.1 Å². The molecule has 14 rings (SSSR count). The predicted octanol–water partition coefficient (Wildman–Crippen LogP) is -7.89. The van der Waals surface area contributed by atoms with Crippen molar-refractivity contribution in [2.45, 2.75) is 365 Å². The van der Waals surface area contributed by atoms with Crippen molar-refractivity contribution in [3.05, 3.63) is 41.5 Å². The quantitative estimate of drug-likeness (QED) is 0.0275. The van der Waals surface area contributed by atoms with E-state index in [1.807, 2.05) is 34.6 Å².